The highest BCUT2D eigenvalue weighted by molar-refractivity contribution is 5.93. The Kier molecular flexibility index (Phi) is 10.2. The van der Waals surface area contributed by atoms with Crippen molar-refractivity contribution in [1.29, 1.82) is 10.5 Å². The monoisotopic (exact) mass is 436 g/mol. The minimum Gasteiger partial charge on any atom is -0.465 e. The number of nitrogens with zero attached hydrogens (tertiary/aromatic N) is 8. The Morgan fingerprint density at radius 1 is 0.875 bits per heavy atom. The molecule has 14 heteroatoms. The zero-order chi connectivity index (χ0) is 23.9. The number of hydrogen-bond donors (Lipinski definition) is 2. The molecule has 0 amide bonds. The zero-order valence-electron chi connectivity index (χ0n) is 16.9. The van der Waals surface area contributed by atoms with E-state index in [0.717, 1.165) is 14.2 Å². The molecule has 1 rings (SSSR count). The lowest BCUT2D eigenvalue weighted by Crippen LogP contribution is -2.18. The second kappa shape index (κ2) is 13.1. The van der Waals surface area contributed by atoms with Crippen LogP contribution in [-0.2, 0) is 32.2 Å². The van der Waals surface area contributed by atoms with Crippen LogP contribution in [0.1, 0.15) is 11.1 Å². The molecule has 0 aromatic heterocycles. The van der Waals surface area contributed by atoms with E-state index in [9.17, 15) is 9.59 Å². The van der Waals surface area contributed by atoms with E-state index in [1.54, 1.807) is 36.4 Å². The first-order valence-corrected chi connectivity index (χ1v) is 8.56. The first-order chi connectivity index (χ1) is 15.4. The summed E-state index contributed by atoms with van der Waals surface area (Å²) in [6.45, 7) is 0.240. The van der Waals surface area contributed by atoms with E-state index < -0.39 is 23.1 Å². The number of rotatable bonds is 10. The molecule has 0 saturated carbocycles. The highest BCUT2D eigenvalue weighted by atomic mass is 16.5. The molecule has 1 aromatic rings. The number of nitrogens with one attached hydrogen (secondary N) is 2. The van der Waals surface area contributed by atoms with Crippen LogP contribution in [0.4, 0.5) is 0 Å². The second-order valence-electron chi connectivity index (χ2n) is 5.56. The van der Waals surface area contributed by atoms with Gasteiger partial charge >= 0.3 is 11.9 Å². The number of nitriles is 2. The largest absolute Gasteiger partial charge is 0.465 e. The van der Waals surface area contributed by atoms with Crippen LogP contribution in [0.5, 0.6) is 0 Å². The van der Waals surface area contributed by atoms with Crippen molar-refractivity contribution < 1.29 is 19.1 Å². The molecule has 32 heavy (non-hydrogen) atoms. The van der Waals surface area contributed by atoms with Gasteiger partial charge in [0.15, 0.2) is 11.1 Å². The van der Waals surface area contributed by atoms with E-state index in [1.807, 2.05) is 0 Å². The molecule has 0 unspecified atom stereocenters. The lowest BCUT2D eigenvalue weighted by Gasteiger charge is -2.10. The van der Waals surface area contributed by atoms with E-state index in [2.05, 4.69) is 40.2 Å². The van der Waals surface area contributed by atoms with Crippen molar-refractivity contribution in [3.63, 3.8) is 0 Å². The SMILES string of the molecule is COC(=O)/C(C#N)=C(/N=[N+]=[N-])NCc1ccc(CN/C(N=[N+]=[N-])=C(/C#N)C(=O)OC)cc1. The molecule has 2 N–H and O–H groups in total. The van der Waals surface area contributed by atoms with E-state index in [-0.39, 0.29) is 24.7 Å². The van der Waals surface area contributed by atoms with Crippen LogP contribution in [-0.4, -0.2) is 26.2 Å². The normalized spacial score (nSPS) is 11.0. The number of benzene rings is 1. The number of hydrogen-bond acceptors (Lipinski definition) is 10. The average molecular weight is 436 g/mol. The molecule has 0 radical (unpaired) electrons. The van der Waals surface area contributed by atoms with Gasteiger partial charge in [0.1, 0.15) is 23.8 Å². The summed E-state index contributed by atoms with van der Waals surface area (Å²) < 4.78 is 8.95. The van der Waals surface area contributed by atoms with Gasteiger partial charge in [0.05, 0.1) is 14.2 Å². The van der Waals surface area contributed by atoms with E-state index in [4.69, 9.17) is 21.6 Å². The summed E-state index contributed by atoms with van der Waals surface area (Å²) in [4.78, 5) is 28.4. The number of azide groups is 2. The molecule has 14 nitrogen and oxygen atoms in total. The number of ether oxygens (including phenoxy) is 2. The molecule has 0 spiro atoms. The highest BCUT2D eigenvalue weighted by Gasteiger charge is 2.16. The number of carbonyl (C=O) groups excluding carboxylic acids is 2. The maximum atomic E-state index is 11.6. The van der Waals surface area contributed by atoms with Crippen molar-refractivity contribution in [2.24, 2.45) is 10.2 Å². The fourth-order valence-electron chi connectivity index (χ4n) is 2.18. The van der Waals surface area contributed by atoms with Crippen LogP contribution in [0.2, 0.25) is 0 Å². The van der Waals surface area contributed by atoms with Gasteiger partial charge in [0, 0.05) is 22.9 Å². The summed E-state index contributed by atoms with van der Waals surface area (Å²) in [7, 11) is 2.18. The minimum atomic E-state index is -0.948. The number of methoxy groups -OCH3 is 2. The van der Waals surface area contributed by atoms with E-state index >= 15 is 0 Å². The van der Waals surface area contributed by atoms with Gasteiger partial charge in [-0.2, -0.15) is 10.5 Å². The fraction of sp³-hybridized carbons (Fsp3) is 0.222. The summed E-state index contributed by atoms with van der Waals surface area (Å²) in [6, 6.07) is 10.0. The van der Waals surface area contributed by atoms with E-state index in [1.165, 1.54) is 0 Å². The van der Waals surface area contributed by atoms with Gasteiger partial charge in [-0.1, -0.05) is 24.3 Å². The third-order valence-corrected chi connectivity index (χ3v) is 3.71. The number of carbonyl (C=O) groups is 2. The standard InChI is InChI=1S/C18H16N10O4/c1-31-17(29)13(7-19)15(25-27-21)23-9-11-3-5-12(6-4-11)10-24-16(26-28-22)14(8-20)18(30)32-2/h3-6,23-24H,9-10H2,1-2H3/b15-13+,16-14+. The summed E-state index contributed by atoms with van der Waals surface area (Å²) >= 11 is 0. The van der Waals surface area contributed by atoms with Crippen LogP contribution in [0, 0.1) is 22.7 Å². The van der Waals surface area contributed by atoms with Gasteiger partial charge < -0.3 is 20.1 Å². The van der Waals surface area contributed by atoms with Gasteiger partial charge in [-0.15, -0.1) is 0 Å². The smallest absolute Gasteiger partial charge is 0.350 e. The molecular weight excluding hydrogens is 420 g/mol. The molecule has 0 aliphatic heterocycles. The first kappa shape index (κ1) is 24.9. The summed E-state index contributed by atoms with van der Waals surface area (Å²) in [5, 5.41) is 30.2. The van der Waals surface area contributed by atoms with Crippen LogP contribution < -0.4 is 10.6 Å². The molecule has 0 bridgehead atoms. The molecule has 0 heterocycles. The molecule has 162 valence electrons. The van der Waals surface area contributed by atoms with Gasteiger partial charge in [0.2, 0.25) is 0 Å². The Morgan fingerprint density at radius 2 is 1.22 bits per heavy atom. The van der Waals surface area contributed by atoms with Gasteiger partial charge in [-0.05, 0) is 32.4 Å². The van der Waals surface area contributed by atoms with Crippen molar-refractivity contribution in [3.05, 3.63) is 79.1 Å². The van der Waals surface area contributed by atoms with Gasteiger partial charge in [-0.25, -0.2) is 9.59 Å². The first-order valence-electron chi connectivity index (χ1n) is 8.56. The lowest BCUT2D eigenvalue weighted by molar-refractivity contribution is -0.136. The maximum absolute atomic E-state index is 11.6. The molecule has 0 aliphatic carbocycles. The van der Waals surface area contributed by atoms with Gasteiger partial charge in [0.25, 0.3) is 0 Å². The Bertz CT molecular complexity index is 1020. The molecular formula is C18H16N10O4. The topological polar surface area (TPSA) is 222 Å². The molecule has 1 aromatic carbocycles. The lowest BCUT2D eigenvalue weighted by atomic mass is 10.1. The van der Waals surface area contributed by atoms with Crippen molar-refractivity contribution in [1.82, 2.24) is 10.6 Å². The van der Waals surface area contributed by atoms with Crippen molar-refractivity contribution in [3.8, 4) is 12.1 Å². The van der Waals surface area contributed by atoms with Crippen LogP contribution in [0.3, 0.4) is 0 Å². The Hall–Kier alpha value is -5.16. The van der Waals surface area contributed by atoms with Crippen LogP contribution in [0.15, 0.2) is 57.3 Å². The average Bonchev–Trinajstić information content (AvgIpc) is 2.82. The third-order valence-electron chi connectivity index (χ3n) is 3.71. The zero-order valence-corrected chi connectivity index (χ0v) is 16.9. The summed E-state index contributed by atoms with van der Waals surface area (Å²) in [5.74, 6) is -2.44. The van der Waals surface area contributed by atoms with Crippen molar-refractivity contribution in [2.75, 3.05) is 14.2 Å². The molecule has 0 saturated heterocycles. The molecule has 0 atom stereocenters. The predicted octanol–water partition coefficient (Wildman–Crippen LogP) is 2.30. The second-order valence-corrected chi connectivity index (χ2v) is 5.56. The number of esters is 2. The van der Waals surface area contributed by atoms with Gasteiger partial charge in [-0.3, -0.25) is 0 Å². The van der Waals surface area contributed by atoms with Crippen LogP contribution in [0.25, 0.3) is 20.9 Å². The Balaban J connectivity index is 2.96. The third kappa shape index (κ3) is 7.02. The Morgan fingerprint density at radius 3 is 1.47 bits per heavy atom. The summed E-state index contributed by atoms with van der Waals surface area (Å²) in [5.41, 5.74) is 17.8. The maximum Gasteiger partial charge on any atom is 0.350 e. The van der Waals surface area contributed by atoms with Crippen LogP contribution >= 0.6 is 0 Å². The molecule has 0 aliphatic rings. The fourth-order valence-corrected chi connectivity index (χ4v) is 2.18. The summed E-state index contributed by atoms with van der Waals surface area (Å²) in [6.07, 6.45) is 0. The minimum absolute atomic E-state index is 0.120. The molecule has 0 fully saturated rings. The Labute approximate surface area is 181 Å². The van der Waals surface area contributed by atoms with Crippen molar-refractivity contribution in [2.45, 2.75) is 13.1 Å². The predicted molar refractivity (Wildman–Crippen MR) is 108 cm³/mol. The van der Waals surface area contributed by atoms with E-state index in [0.29, 0.717) is 11.1 Å². The van der Waals surface area contributed by atoms with Crippen molar-refractivity contribution >= 4 is 11.9 Å². The highest BCUT2D eigenvalue weighted by Crippen LogP contribution is 2.11. The quantitative estimate of drug-likeness (QED) is 0.138.